The van der Waals surface area contributed by atoms with E-state index in [1.165, 1.54) is 25.9 Å². The molecular weight excluding hydrogens is 186 g/mol. The fraction of sp³-hybridized carbons (Fsp3) is 0.500. The Morgan fingerprint density at radius 3 is 2.13 bits per heavy atom. The van der Waals surface area contributed by atoms with Gasteiger partial charge >= 0.3 is 0 Å². The first-order valence-corrected chi connectivity index (χ1v) is 5.56. The molecule has 1 aromatic rings. The molecule has 1 aliphatic rings. The van der Waals surface area contributed by atoms with Crippen LogP contribution < -0.4 is 16.8 Å². The first-order chi connectivity index (χ1) is 7.34. The zero-order chi connectivity index (χ0) is 10.9. The van der Waals surface area contributed by atoms with Crippen molar-refractivity contribution in [1.29, 1.82) is 0 Å². The molecule has 3 nitrogen and oxygen atoms in total. The summed E-state index contributed by atoms with van der Waals surface area (Å²) in [6, 6.07) is 9.85. The highest BCUT2D eigenvalue weighted by atomic mass is 14.9. The molecule has 5 N–H and O–H groups in total. The van der Waals surface area contributed by atoms with E-state index in [0.717, 1.165) is 5.56 Å². The minimum absolute atomic E-state index is 0.0128. The van der Waals surface area contributed by atoms with Crippen molar-refractivity contribution in [3.63, 3.8) is 0 Å². The van der Waals surface area contributed by atoms with Gasteiger partial charge in [0.2, 0.25) is 0 Å². The predicted octanol–water partition coefficient (Wildman–Crippen LogP) is 1.01. The highest BCUT2D eigenvalue weighted by Gasteiger charge is 1.99. The van der Waals surface area contributed by atoms with E-state index in [9.17, 15) is 0 Å². The Kier molecular flexibility index (Phi) is 6.00. The Bertz CT molecular complexity index is 237. The molecule has 2 rings (SSSR count). The van der Waals surface area contributed by atoms with Gasteiger partial charge < -0.3 is 16.8 Å². The molecule has 15 heavy (non-hydrogen) atoms. The Hall–Kier alpha value is -0.900. The number of nitrogens with two attached hydrogens (primary N) is 2. The molecule has 1 aromatic carbocycles. The van der Waals surface area contributed by atoms with E-state index >= 15 is 0 Å². The van der Waals surface area contributed by atoms with E-state index in [2.05, 4.69) is 5.32 Å². The molecule has 1 aliphatic heterocycles. The number of hydrogen-bond acceptors (Lipinski definition) is 3. The molecule has 3 heteroatoms. The van der Waals surface area contributed by atoms with Crippen molar-refractivity contribution >= 4 is 0 Å². The van der Waals surface area contributed by atoms with Crippen LogP contribution in [0.2, 0.25) is 0 Å². The van der Waals surface area contributed by atoms with Gasteiger partial charge in [0.25, 0.3) is 0 Å². The molecule has 0 saturated carbocycles. The second-order valence-electron chi connectivity index (χ2n) is 3.71. The maximum Gasteiger partial charge on any atom is 0.0419 e. The van der Waals surface area contributed by atoms with Crippen molar-refractivity contribution in [2.24, 2.45) is 11.5 Å². The highest BCUT2D eigenvalue weighted by molar-refractivity contribution is 5.18. The number of nitrogens with one attached hydrogen (secondary N) is 1. The van der Waals surface area contributed by atoms with Gasteiger partial charge in [-0.15, -0.1) is 0 Å². The van der Waals surface area contributed by atoms with Crippen LogP contribution in [0.15, 0.2) is 30.3 Å². The van der Waals surface area contributed by atoms with Crippen molar-refractivity contribution in [3.05, 3.63) is 35.9 Å². The summed E-state index contributed by atoms with van der Waals surface area (Å²) in [6.45, 7) is 3.00. The SMILES string of the molecule is C1CCNC1.NCC(N)c1ccccc1. The third kappa shape index (κ3) is 4.93. The van der Waals surface area contributed by atoms with Crippen LogP contribution in [0.25, 0.3) is 0 Å². The summed E-state index contributed by atoms with van der Waals surface area (Å²) in [5.74, 6) is 0. The molecule has 0 amide bonds. The van der Waals surface area contributed by atoms with Gasteiger partial charge in [-0.25, -0.2) is 0 Å². The lowest BCUT2D eigenvalue weighted by molar-refractivity contribution is 0.737. The van der Waals surface area contributed by atoms with Crippen LogP contribution in [0.4, 0.5) is 0 Å². The maximum atomic E-state index is 5.67. The Morgan fingerprint density at radius 2 is 1.73 bits per heavy atom. The predicted molar refractivity (Wildman–Crippen MR) is 64.5 cm³/mol. The molecule has 0 aromatic heterocycles. The Balaban J connectivity index is 0.000000187. The van der Waals surface area contributed by atoms with Gasteiger partial charge in [0.15, 0.2) is 0 Å². The first-order valence-electron chi connectivity index (χ1n) is 5.56. The summed E-state index contributed by atoms with van der Waals surface area (Å²) < 4.78 is 0. The normalized spacial score (nSPS) is 16.7. The summed E-state index contributed by atoms with van der Waals surface area (Å²) >= 11 is 0. The van der Waals surface area contributed by atoms with E-state index in [4.69, 9.17) is 11.5 Å². The summed E-state index contributed by atoms with van der Waals surface area (Å²) in [5, 5.41) is 3.22. The van der Waals surface area contributed by atoms with Gasteiger partial charge in [0.05, 0.1) is 0 Å². The summed E-state index contributed by atoms with van der Waals surface area (Å²) in [5.41, 5.74) is 12.2. The standard InChI is InChI=1S/C8H12N2.C4H9N/c9-6-8(10)7-4-2-1-3-5-7;1-2-4-5-3-1/h1-5,8H,6,9-10H2;5H,1-4H2. The van der Waals surface area contributed by atoms with Gasteiger partial charge in [-0.2, -0.15) is 0 Å². The smallest absolute Gasteiger partial charge is 0.0419 e. The summed E-state index contributed by atoms with van der Waals surface area (Å²) in [6.07, 6.45) is 2.78. The highest BCUT2D eigenvalue weighted by Crippen LogP contribution is 2.06. The fourth-order valence-corrected chi connectivity index (χ4v) is 1.46. The molecule has 1 heterocycles. The molecule has 0 bridgehead atoms. The van der Waals surface area contributed by atoms with Crippen LogP contribution in [-0.4, -0.2) is 19.6 Å². The van der Waals surface area contributed by atoms with Crippen molar-refractivity contribution in [2.75, 3.05) is 19.6 Å². The van der Waals surface area contributed by atoms with E-state index in [-0.39, 0.29) is 6.04 Å². The van der Waals surface area contributed by atoms with Crippen LogP contribution in [0.1, 0.15) is 24.4 Å². The molecule has 84 valence electrons. The third-order valence-corrected chi connectivity index (χ3v) is 2.44. The van der Waals surface area contributed by atoms with Gasteiger partial charge in [0, 0.05) is 12.6 Å². The molecule has 0 spiro atoms. The second-order valence-corrected chi connectivity index (χ2v) is 3.71. The van der Waals surface area contributed by atoms with Gasteiger partial charge in [-0.1, -0.05) is 30.3 Å². The van der Waals surface area contributed by atoms with Crippen molar-refractivity contribution < 1.29 is 0 Å². The topological polar surface area (TPSA) is 64.1 Å². The average molecular weight is 207 g/mol. The van der Waals surface area contributed by atoms with E-state index in [0.29, 0.717) is 6.54 Å². The minimum Gasteiger partial charge on any atom is -0.329 e. The zero-order valence-electron chi connectivity index (χ0n) is 9.15. The van der Waals surface area contributed by atoms with Gasteiger partial charge in [0.1, 0.15) is 0 Å². The molecular formula is C12H21N3. The van der Waals surface area contributed by atoms with Crippen LogP contribution in [0.3, 0.4) is 0 Å². The minimum atomic E-state index is -0.0128. The van der Waals surface area contributed by atoms with E-state index in [1.54, 1.807) is 0 Å². The number of rotatable bonds is 2. The van der Waals surface area contributed by atoms with E-state index < -0.39 is 0 Å². The molecule has 1 unspecified atom stereocenters. The van der Waals surface area contributed by atoms with Crippen molar-refractivity contribution in [3.8, 4) is 0 Å². The second kappa shape index (κ2) is 7.40. The first kappa shape index (κ1) is 12.2. The van der Waals surface area contributed by atoms with Crippen LogP contribution in [-0.2, 0) is 0 Å². The Morgan fingerprint density at radius 1 is 1.13 bits per heavy atom. The van der Waals surface area contributed by atoms with Crippen molar-refractivity contribution in [2.45, 2.75) is 18.9 Å². The summed E-state index contributed by atoms with van der Waals surface area (Å²) in [4.78, 5) is 0. The molecule has 0 aliphatic carbocycles. The molecule has 1 atom stereocenters. The van der Waals surface area contributed by atoms with E-state index in [1.807, 2.05) is 30.3 Å². The molecule has 0 radical (unpaired) electrons. The average Bonchev–Trinajstić information content (AvgIpc) is 2.88. The largest absolute Gasteiger partial charge is 0.329 e. The number of benzene rings is 1. The lowest BCUT2D eigenvalue weighted by Crippen LogP contribution is -2.20. The quantitative estimate of drug-likeness (QED) is 0.678. The lowest BCUT2D eigenvalue weighted by atomic mass is 10.1. The molecule has 1 saturated heterocycles. The maximum absolute atomic E-state index is 5.67. The Labute approximate surface area is 91.9 Å². The third-order valence-electron chi connectivity index (χ3n) is 2.44. The lowest BCUT2D eigenvalue weighted by Gasteiger charge is -2.06. The molecule has 1 fully saturated rings. The van der Waals surface area contributed by atoms with Crippen LogP contribution in [0.5, 0.6) is 0 Å². The van der Waals surface area contributed by atoms with Crippen LogP contribution in [0, 0.1) is 0 Å². The zero-order valence-corrected chi connectivity index (χ0v) is 9.15. The van der Waals surface area contributed by atoms with Gasteiger partial charge in [-0.3, -0.25) is 0 Å². The van der Waals surface area contributed by atoms with Gasteiger partial charge in [-0.05, 0) is 31.5 Å². The fourth-order valence-electron chi connectivity index (χ4n) is 1.46. The number of hydrogen-bond donors (Lipinski definition) is 3. The monoisotopic (exact) mass is 207 g/mol. The van der Waals surface area contributed by atoms with Crippen LogP contribution >= 0.6 is 0 Å². The van der Waals surface area contributed by atoms with Crippen molar-refractivity contribution in [1.82, 2.24) is 5.32 Å². The summed E-state index contributed by atoms with van der Waals surface area (Å²) in [7, 11) is 0.